The van der Waals surface area contributed by atoms with E-state index in [4.69, 9.17) is 14.2 Å². The number of rotatable bonds is 1. The largest absolute Gasteiger partial charge is 0.384 e. The summed E-state index contributed by atoms with van der Waals surface area (Å²) in [6.45, 7) is 3.92. The molecule has 4 nitrogen and oxygen atoms in total. The molecule has 2 aliphatic rings. The van der Waals surface area contributed by atoms with E-state index in [0.717, 1.165) is 5.56 Å². The summed E-state index contributed by atoms with van der Waals surface area (Å²) in [4.78, 5) is 0. The number of hydrogen-bond donors (Lipinski definition) is 1. The summed E-state index contributed by atoms with van der Waals surface area (Å²) in [6, 6.07) is 9.66. The molecule has 0 spiro atoms. The molecule has 0 radical (unpaired) electrons. The van der Waals surface area contributed by atoms with Crippen molar-refractivity contribution in [2.45, 2.75) is 37.6 Å². The first-order valence-electron chi connectivity index (χ1n) is 5.77. The Labute approximate surface area is 100 Å². The van der Waals surface area contributed by atoms with Crippen molar-refractivity contribution < 1.29 is 19.3 Å². The minimum absolute atomic E-state index is 0.337. The van der Waals surface area contributed by atoms with Gasteiger partial charge in [-0.25, -0.2) is 0 Å². The first-order chi connectivity index (χ1) is 8.03. The maximum atomic E-state index is 10.3. The van der Waals surface area contributed by atoms with Crippen LogP contribution < -0.4 is 0 Å². The molecule has 2 fully saturated rings. The van der Waals surface area contributed by atoms with Crippen LogP contribution in [0.5, 0.6) is 0 Å². The number of aliphatic hydroxyl groups is 1. The second-order valence-corrected chi connectivity index (χ2v) is 4.93. The highest BCUT2D eigenvalue weighted by Gasteiger charge is 2.58. The van der Waals surface area contributed by atoms with Crippen LogP contribution in [0, 0.1) is 0 Å². The van der Waals surface area contributed by atoms with E-state index in [0.29, 0.717) is 6.61 Å². The van der Waals surface area contributed by atoms with Crippen LogP contribution in [0.3, 0.4) is 0 Å². The minimum Gasteiger partial charge on any atom is -0.384 e. The Morgan fingerprint density at radius 1 is 1.24 bits per heavy atom. The van der Waals surface area contributed by atoms with Gasteiger partial charge in [0.05, 0.1) is 0 Å². The van der Waals surface area contributed by atoms with E-state index in [2.05, 4.69) is 0 Å². The molecular weight excluding hydrogens is 220 g/mol. The van der Waals surface area contributed by atoms with Gasteiger partial charge in [0.1, 0.15) is 18.8 Å². The molecule has 92 valence electrons. The molecule has 4 atom stereocenters. The molecule has 0 saturated carbocycles. The van der Waals surface area contributed by atoms with Crippen LogP contribution >= 0.6 is 0 Å². The van der Waals surface area contributed by atoms with Crippen LogP contribution in [0.2, 0.25) is 0 Å². The lowest BCUT2D eigenvalue weighted by Gasteiger charge is -2.42. The quantitative estimate of drug-likeness (QED) is 0.804. The molecule has 17 heavy (non-hydrogen) atoms. The van der Waals surface area contributed by atoms with E-state index >= 15 is 0 Å². The van der Waals surface area contributed by atoms with Crippen LogP contribution in [0.15, 0.2) is 30.3 Å². The second-order valence-electron chi connectivity index (χ2n) is 4.93. The highest BCUT2D eigenvalue weighted by molar-refractivity contribution is 5.20. The van der Waals surface area contributed by atoms with Gasteiger partial charge in [-0.1, -0.05) is 30.3 Å². The Bertz CT molecular complexity index is 421. The van der Waals surface area contributed by atoms with Gasteiger partial charge in [-0.15, -0.1) is 0 Å². The zero-order chi connectivity index (χ0) is 12.1. The topological polar surface area (TPSA) is 47.9 Å². The van der Waals surface area contributed by atoms with Gasteiger partial charge in [-0.3, -0.25) is 0 Å². The monoisotopic (exact) mass is 236 g/mol. The lowest BCUT2D eigenvalue weighted by Crippen LogP contribution is -2.53. The molecule has 0 unspecified atom stereocenters. The number of fused-ring (bicyclic) bond motifs is 2. The van der Waals surface area contributed by atoms with E-state index in [1.165, 1.54) is 0 Å². The van der Waals surface area contributed by atoms with E-state index < -0.39 is 23.8 Å². The maximum absolute atomic E-state index is 10.3. The Morgan fingerprint density at radius 2 is 1.94 bits per heavy atom. The van der Waals surface area contributed by atoms with Crippen molar-refractivity contribution in [2.75, 3.05) is 6.61 Å². The Hall–Kier alpha value is -0.940. The molecule has 2 bridgehead atoms. The summed E-state index contributed by atoms with van der Waals surface area (Å²) < 4.78 is 17.0. The molecule has 1 aromatic carbocycles. The highest BCUT2D eigenvalue weighted by atomic mass is 16.9. The first kappa shape index (κ1) is 11.2. The first-order valence-corrected chi connectivity index (χ1v) is 5.77. The summed E-state index contributed by atoms with van der Waals surface area (Å²) in [5.74, 6) is -1.75. The van der Waals surface area contributed by atoms with E-state index in [9.17, 15) is 5.11 Å². The van der Waals surface area contributed by atoms with Crippen molar-refractivity contribution in [1.29, 1.82) is 0 Å². The van der Waals surface area contributed by atoms with Crippen LogP contribution in [0.1, 0.15) is 25.5 Å². The minimum atomic E-state index is -0.979. The molecule has 3 rings (SSSR count). The zero-order valence-electron chi connectivity index (χ0n) is 9.92. The van der Waals surface area contributed by atoms with Crippen molar-refractivity contribution in [1.82, 2.24) is 0 Å². The van der Waals surface area contributed by atoms with Crippen molar-refractivity contribution in [2.24, 2.45) is 0 Å². The van der Waals surface area contributed by atoms with Gasteiger partial charge in [0.15, 0.2) is 11.6 Å². The molecule has 1 aromatic rings. The normalized spacial score (nSPS) is 44.9. The standard InChI is InChI=1S/C13H16O4/c1-12-8-15-13(2,17-12)11(14)10(16-12)9-6-4-3-5-7-9/h3-7,10-11,14H,8H2,1-2H3/t10-,11-,12+,13+/m1/s1. The Morgan fingerprint density at radius 3 is 2.65 bits per heavy atom. The molecule has 2 saturated heterocycles. The van der Waals surface area contributed by atoms with Gasteiger partial charge in [0.25, 0.3) is 0 Å². The molecule has 2 heterocycles. The van der Waals surface area contributed by atoms with E-state index in [1.54, 1.807) is 6.92 Å². The molecule has 0 amide bonds. The predicted octanol–water partition coefficient (Wildman–Crippen LogP) is 1.60. The second kappa shape index (κ2) is 3.53. The van der Waals surface area contributed by atoms with Crippen LogP contribution in [0.4, 0.5) is 0 Å². The van der Waals surface area contributed by atoms with Crippen molar-refractivity contribution in [3.63, 3.8) is 0 Å². The fourth-order valence-corrected chi connectivity index (χ4v) is 2.47. The smallest absolute Gasteiger partial charge is 0.197 e. The predicted molar refractivity (Wildman–Crippen MR) is 60.1 cm³/mol. The summed E-state index contributed by atoms with van der Waals surface area (Å²) in [5, 5.41) is 10.3. The van der Waals surface area contributed by atoms with Crippen molar-refractivity contribution >= 4 is 0 Å². The third-order valence-electron chi connectivity index (χ3n) is 3.37. The maximum Gasteiger partial charge on any atom is 0.197 e. The lowest BCUT2D eigenvalue weighted by molar-refractivity contribution is -0.359. The third-order valence-corrected chi connectivity index (χ3v) is 3.37. The molecular formula is C13H16O4. The molecule has 1 N–H and O–H groups in total. The van der Waals surface area contributed by atoms with Crippen LogP contribution in [-0.4, -0.2) is 29.4 Å². The van der Waals surface area contributed by atoms with Gasteiger partial charge < -0.3 is 19.3 Å². The summed E-state index contributed by atoms with van der Waals surface area (Å²) >= 11 is 0. The average Bonchev–Trinajstić information content (AvgIpc) is 2.60. The lowest BCUT2D eigenvalue weighted by atomic mass is 9.97. The van der Waals surface area contributed by atoms with Crippen LogP contribution in [-0.2, 0) is 14.2 Å². The third kappa shape index (κ3) is 1.68. The zero-order valence-corrected chi connectivity index (χ0v) is 9.92. The Balaban J connectivity index is 1.97. The Kier molecular flexibility index (Phi) is 2.32. The highest BCUT2D eigenvalue weighted by Crippen LogP contribution is 2.46. The fourth-order valence-electron chi connectivity index (χ4n) is 2.47. The SMILES string of the molecule is C[C@@]12CO[C@@](C)(O1)[C@H](O)[C@@H](c1ccccc1)O2. The summed E-state index contributed by atoms with van der Waals surface area (Å²) in [7, 11) is 0. The number of benzene rings is 1. The van der Waals surface area contributed by atoms with E-state index in [1.807, 2.05) is 37.3 Å². The number of ether oxygens (including phenoxy) is 3. The molecule has 0 aromatic heterocycles. The molecule has 2 aliphatic heterocycles. The van der Waals surface area contributed by atoms with Gasteiger partial charge >= 0.3 is 0 Å². The van der Waals surface area contributed by atoms with Crippen LogP contribution in [0.25, 0.3) is 0 Å². The fraction of sp³-hybridized carbons (Fsp3) is 0.538. The number of hydrogen-bond acceptors (Lipinski definition) is 4. The van der Waals surface area contributed by atoms with Crippen molar-refractivity contribution in [3.05, 3.63) is 35.9 Å². The average molecular weight is 236 g/mol. The summed E-state index contributed by atoms with van der Waals surface area (Å²) in [6.07, 6.45) is -1.25. The van der Waals surface area contributed by atoms with Gasteiger partial charge in [-0.05, 0) is 19.4 Å². The van der Waals surface area contributed by atoms with Gasteiger partial charge in [-0.2, -0.15) is 0 Å². The molecule has 4 heteroatoms. The number of aliphatic hydroxyl groups excluding tert-OH is 1. The summed E-state index contributed by atoms with van der Waals surface area (Å²) in [5.41, 5.74) is 0.936. The van der Waals surface area contributed by atoms with Crippen molar-refractivity contribution in [3.8, 4) is 0 Å². The van der Waals surface area contributed by atoms with E-state index in [-0.39, 0.29) is 0 Å². The van der Waals surface area contributed by atoms with Gasteiger partial charge in [0.2, 0.25) is 0 Å². The van der Waals surface area contributed by atoms with Gasteiger partial charge in [0, 0.05) is 0 Å². The molecule has 0 aliphatic carbocycles.